The first-order chi connectivity index (χ1) is 9.00. The first-order valence-corrected chi connectivity index (χ1v) is 6.89. The number of nitrogen functional groups attached to an aromatic ring is 1. The van der Waals surface area contributed by atoms with Gasteiger partial charge in [0.05, 0.1) is 0 Å². The predicted molar refractivity (Wildman–Crippen MR) is 74.9 cm³/mol. The van der Waals surface area contributed by atoms with Crippen LogP contribution >= 0.6 is 15.9 Å². The number of carbonyl (C=O) groups is 2. The summed E-state index contributed by atoms with van der Waals surface area (Å²) in [5.74, 6) is -1.20. The molecule has 0 unspecified atom stereocenters. The number of likely N-dealkylation sites (tertiary alicyclic amines) is 1. The van der Waals surface area contributed by atoms with E-state index in [2.05, 4.69) is 15.9 Å². The van der Waals surface area contributed by atoms with E-state index >= 15 is 0 Å². The van der Waals surface area contributed by atoms with Crippen LogP contribution < -0.4 is 5.73 Å². The molecule has 1 aliphatic heterocycles. The minimum absolute atomic E-state index is 0.257. The molecule has 5 nitrogen and oxygen atoms in total. The molecule has 0 radical (unpaired) electrons. The predicted octanol–water partition coefficient (Wildman–Crippen LogP) is 2.11. The zero-order chi connectivity index (χ0) is 14.0. The summed E-state index contributed by atoms with van der Waals surface area (Å²) < 4.78 is 0.641. The van der Waals surface area contributed by atoms with Crippen molar-refractivity contribution in [3.05, 3.63) is 28.2 Å². The molecule has 0 bridgehead atoms. The molecule has 19 heavy (non-hydrogen) atoms. The van der Waals surface area contributed by atoms with Gasteiger partial charge < -0.3 is 15.7 Å². The lowest BCUT2D eigenvalue weighted by Crippen LogP contribution is -2.47. The Balaban J connectivity index is 2.26. The summed E-state index contributed by atoms with van der Waals surface area (Å²) in [6.07, 6.45) is 2.19. The van der Waals surface area contributed by atoms with E-state index in [1.807, 2.05) is 0 Å². The molecule has 1 aromatic rings. The summed E-state index contributed by atoms with van der Waals surface area (Å²) in [5.41, 5.74) is 6.68. The highest BCUT2D eigenvalue weighted by molar-refractivity contribution is 9.10. The van der Waals surface area contributed by atoms with E-state index in [9.17, 15) is 14.7 Å². The van der Waals surface area contributed by atoms with Gasteiger partial charge in [0, 0.05) is 22.3 Å². The minimum atomic E-state index is -0.942. The number of carbonyl (C=O) groups excluding carboxylic acids is 1. The number of nitrogens with zero attached hydrogens (tertiary/aromatic N) is 1. The molecule has 2 rings (SSSR count). The van der Waals surface area contributed by atoms with Crippen LogP contribution in [0.15, 0.2) is 22.7 Å². The maximum Gasteiger partial charge on any atom is 0.326 e. The molecule has 6 heteroatoms. The van der Waals surface area contributed by atoms with Gasteiger partial charge in [0.1, 0.15) is 6.04 Å². The van der Waals surface area contributed by atoms with Gasteiger partial charge in [-0.05, 0) is 53.4 Å². The van der Waals surface area contributed by atoms with Gasteiger partial charge in [0.2, 0.25) is 0 Å². The van der Waals surface area contributed by atoms with Crippen molar-refractivity contribution in [3.63, 3.8) is 0 Å². The van der Waals surface area contributed by atoms with E-state index in [-0.39, 0.29) is 5.91 Å². The molecule has 1 aromatic carbocycles. The highest BCUT2D eigenvalue weighted by Crippen LogP contribution is 2.24. The van der Waals surface area contributed by atoms with E-state index in [0.717, 1.165) is 12.8 Å². The molecular weight excluding hydrogens is 312 g/mol. The first kappa shape index (κ1) is 13.9. The second kappa shape index (κ2) is 5.61. The number of aliphatic carboxylic acids is 1. The normalized spacial score (nSPS) is 19.2. The average molecular weight is 327 g/mol. The fraction of sp³-hybridized carbons (Fsp3) is 0.385. The molecule has 1 saturated heterocycles. The summed E-state index contributed by atoms with van der Waals surface area (Å²) in [6.45, 7) is 0.484. The standard InChI is InChI=1S/C13H15BrN2O3/c14-9-7-8(4-5-10(9)15)12(17)16-6-2-1-3-11(16)13(18)19/h4-5,7,11H,1-3,6,15H2,(H,18,19)/t11-/m0/s1. The number of anilines is 1. The fourth-order valence-electron chi connectivity index (χ4n) is 2.26. The van der Waals surface area contributed by atoms with Crippen LogP contribution in [-0.4, -0.2) is 34.5 Å². The molecule has 0 aliphatic carbocycles. The van der Waals surface area contributed by atoms with E-state index in [4.69, 9.17) is 5.73 Å². The van der Waals surface area contributed by atoms with Crippen LogP contribution in [0.25, 0.3) is 0 Å². The van der Waals surface area contributed by atoms with Gasteiger partial charge in [-0.15, -0.1) is 0 Å². The molecular formula is C13H15BrN2O3. The van der Waals surface area contributed by atoms with Crippen LogP contribution in [0.2, 0.25) is 0 Å². The summed E-state index contributed by atoms with van der Waals surface area (Å²) in [6, 6.07) is 4.16. The van der Waals surface area contributed by atoms with Crippen molar-refractivity contribution in [2.75, 3.05) is 12.3 Å². The van der Waals surface area contributed by atoms with Gasteiger partial charge in [-0.3, -0.25) is 4.79 Å². The highest BCUT2D eigenvalue weighted by atomic mass is 79.9. The summed E-state index contributed by atoms with van der Waals surface area (Å²) in [7, 11) is 0. The van der Waals surface area contributed by atoms with Gasteiger partial charge in [-0.1, -0.05) is 0 Å². The number of hydrogen-bond donors (Lipinski definition) is 2. The topological polar surface area (TPSA) is 83.6 Å². The smallest absolute Gasteiger partial charge is 0.326 e. The van der Waals surface area contributed by atoms with E-state index < -0.39 is 12.0 Å². The van der Waals surface area contributed by atoms with Crippen molar-refractivity contribution in [1.82, 2.24) is 4.90 Å². The van der Waals surface area contributed by atoms with Crippen molar-refractivity contribution in [3.8, 4) is 0 Å². The zero-order valence-corrected chi connectivity index (χ0v) is 11.9. The summed E-state index contributed by atoms with van der Waals surface area (Å²) in [4.78, 5) is 25.0. The van der Waals surface area contributed by atoms with Crippen LogP contribution in [0.3, 0.4) is 0 Å². The van der Waals surface area contributed by atoms with Crippen molar-refractivity contribution in [1.29, 1.82) is 0 Å². The summed E-state index contributed by atoms with van der Waals surface area (Å²) >= 11 is 3.27. The molecule has 1 aliphatic rings. The highest BCUT2D eigenvalue weighted by Gasteiger charge is 2.32. The molecule has 102 valence electrons. The Morgan fingerprint density at radius 2 is 2.11 bits per heavy atom. The third kappa shape index (κ3) is 2.89. The average Bonchev–Trinajstić information content (AvgIpc) is 2.41. The Labute approximate surface area is 119 Å². The molecule has 3 N–H and O–H groups in total. The SMILES string of the molecule is Nc1ccc(C(=O)N2CCCC[C@H]2C(=O)O)cc1Br. The summed E-state index contributed by atoms with van der Waals surface area (Å²) in [5, 5.41) is 9.18. The second-order valence-electron chi connectivity index (χ2n) is 4.58. The van der Waals surface area contributed by atoms with Gasteiger partial charge in [-0.2, -0.15) is 0 Å². The van der Waals surface area contributed by atoms with E-state index in [1.54, 1.807) is 18.2 Å². The van der Waals surface area contributed by atoms with Gasteiger partial charge in [-0.25, -0.2) is 4.79 Å². The number of piperidine rings is 1. The zero-order valence-electron chi connectivity index (χ0n) is 10.3. The Morgan fingerprint density at radius 1 is 1.37 bits per heavy atom. The lowest BCUT2D eigenvalue weighted by molar-refractivity contribution is -0.143. The number of carboxylic acid groups (broad SMARTS) is 1. The van der Waals surface area contributed by atoms with Crippen LogP contribution in [0.5, 0.6) is 0 Å². The number of hydrogen-bond acceptors (Lipinski definition) is 3. The number of benzene rings is 1. The van der Waals surface area contributed by atoms with Crippen LogP contribution in [0.4, 0.5) is 5.69 Å². The monoisotopic (exact) mass is 326 g/mol. The lowest BCUT2D eigenvalue weighted by Gasteiger charge is -2.33. The molecule has 1 heterocycles. The number of rotatable bonds is 2. The third-order valence-corrected chi connectivity index (χ3v) is 3.98. The third-order valence-electron chi connectivity index (χ3n) is 3.30. The molecule has 1 atom stereocenters. The van der Waals surface area contributed by atoms with Crippen LogP contribution in [0, 0.1) is 0 Å². The van der Waals surface area contributed by atoms with Crippen molar-refractivity contribution in [2.24, 2.45) is 0 Å². The maximum atomic E-state index is 12.4. The molecule has 0 spiro atoms. The molecule has 1 fully saturated rings. The first-order valence-electron chi connectivity index (χ1n) is 6.09. The second-order valence-corrected chi connectivity index (χ2v) is 5.44. The van der Waals surface area contributed by atoms with Crippen molar-refractivity contribution in [2.45, 2.75) is 25.3 Å². The maximum absolute atomic E-state index is 12.4. The number of carboxylic acids is 1. The quantitative estimate of drug-likeness (QED) is 0.815. The van der Waals surface area contributed by atoms with Crippen LogP contribution in [-0.2, 0) is 4.79 Å². The Bertz CT molecular complexity index is 519. The van der Waals surface area contributed by atoms with Gasteiger partial charge >= 0.3 is 5.97 Å². The Kier molecular flexibility index (Phi) is 4.09. The largest absolute Gasteiger partial charge is 0.480 e. The van der Waals surface area contributed by atoms with Crippen LogP contribution in [0.1, 0.15) is 29.6 Å². The number of amides is 1. The molecule has 1 amide bonds. The number of nitrogens with two attached hydrogens (primary N) is 1. The number of halogens is 1. The van der Waals surface area contributed by atoms with Crippen molar-refractivity contribution >= 4 is 33.5 Å². The van der Waals surface area contributed by atoms with Gasteiger partial charge in [0.25, 0.3) is 5.91 Å². The molecule has 0 aromatic heterocycles. The Morgan fingerprint density at radius 3 is 2.74 bits per heavy atom. The molecule has 0 saturated carbocycles. The fourth-order valence-corrected chi connectivity index (χ4v) is 2.64. The van der Waals surface area contributed by atoms with E-state index in [0.29, 0.717) is 28.7 Å². The van der Waals surface area contributed by atoms with Gasteiger partial charge in [0.15, 0.2) is 0 Å². The minimum Gasteiger partial charge on any atom is -0.480 e. The van der Waals surface area contributed by atoms with Crippen molar-refractivity contribution < 1.29 is 14.7 Å². The lowest BCUT2D eigenvalue weighted by atomic mass is 10.0. The van der Waals surface area contributed by atoms with E-state index in [1.165, 1.54) is 4.90 Å². The Hall–Kier alpha value is -1.56.